The minimum atomic E-state index is 0.894. The second kappa shape index (κ2) is 13.8. The lowest BCUT2D eigenvalue weighted by atomic mass is 9.98. The lowest BCUT2D eigenvalue weighted by Gasteiger charge is -2.26. The number of nitrogens with zero attached hydrogens (tertiary/aromatic N) is 1. The molecule has 0 aliphatic carbocycles. The van der Waals surface area contributed by atoms with Gasteiger partial charge < -0.3 is 9.32 Å². The Labute approximate surface area is 335 Å². The molecule has 0 spiro atoms. The Kier molecular flexibility index (Phi) is 8.04. The summed E-state index contributed by atoms with van der Waals surface area (Å²) in [7, 11) is 0. The molecular formula is C54H35NOS. The number of anilines is 3. The highest BCUT2D eigenvalue weighted by Crippen LogP contribution is 2.43. The van der Waals surface area contributed by atoms with Crippen LogP contribution < -0.4 is 4.90 Å². The van der Waals surface area contributed by atoms with Gasteiger partial charge in [-0.05, 0) is 99.6 Å². The molecule has 9 aromatic carbocycles. The highest BCUT2D eigenvalue weighted by atomic mass is 32.1. The van der Waals surface area contributed by atoms with Gasteiger partial charge in [0.1, 0.15) is 11.2 Å². The van der Waals surface area contributed by atoms with Crippen molar-refractivity contribution in [3.63, 3.8) is 0 Å². The zero-order valence-corrected chi connectivity index (χ0v) is 31.8. The first-order valence-electron chi connectivity index (χ1n) is 19.3. The SMILES string of the molecule is c1ccc(-c2ccc(N(c3ccc(-c4ccc5oc6c(-c7ccccc7)cccc6c5c4)cc3)c3ccc(-c4cccc5sc6ccccc6c45)cc3)cc2)cc1. The van der Waals surface area contributed by atoms with E-state index in [2.05, 4.69) is 211 Å². The fraction of sp³-hybridized carbons (Fsp3) is 0. The fourth-order valence-corrected chi connectivity index (χ4v) is 9.44. The number of hydrogen-bond acceptors (Lipinski definition) is 3. The second-order valence-corrected chi connectivity index (χ2v) is 15.6. The van der Waals surface area contributed by atoms with Gasteiger partial charge in [0.2, 0.25) is 0 Å². The first kappa shape index (κ1) is 33.2. The van der Waals surface area contributed by atoms with Crippen LogP contribution in [-0.2, 0) is 0 Å². The molecule has 268 valence electrons. The van der Waals surface area contributed by atoms with Gasteiger partial charge in [-0.2, -0.15) is 0 Å². The molecule has 0 unspecified atom stereocenters. The van der Waals surface area contributed by atoms with E-state index >= 15 is 0 Å². The molecule has 0 bridgehead atoms. The van der Waals surface area contributed by atoms with Gasteiger partial charge in [-0.3, -0.25) is 0 Å². The Hall–Kier alpha value is -7.20. The zero-order chi connectivity index (χ0) is 37.7. The molecule has 0 fully saturated rings. The van der Waals surface area contributed by atoms with Crippen LogP contribution in [0.15, 0.2) is 217 Å². The summed E-state index contributed by atoms with van der Waals surface area (Å²) in [6, 6.07) is 76.2. The van der Waals surface area contributed by atoms with E-state index in [9.17, 15) is 0 Å². The number of fused-ring (bicyclic) bond motifs is 6. The summed E-state index contributed by atoms with van der Waals surface area (Å²) in [5.74, 6) is 0. The van der Waals surface area contributed by atoms with Crippen molar-refractivity contribution < 1.29 is 4.42 Å². The molecular weight excluding hydrogens is 711 g/mol. The van der Waals surface area contributed by atoms with Crippen molar-refractivity contribution in [3.8, 4) is 44.5 Å². The summed E-state index contributed by atoms with van der Waals surface area (Å²) in [5, 5.41) is 4.89. The lowest BCUT2D eigenvalue weighted by molar-refractivity contribution is 0.670. The maximum atomic E-state index is 6.48. The Bertz CT molecular complexity index is 3200. The van der Waals surface area contributed by atoms with Crippen LogP contribution >= 0.6 is 11.3 Å². The highest BCUT2D eigenvalue weighted by molar-refractivity contribution is 7.25. The van der Waals surface area contributed by atoms with Crippen molar-refractivity contribution in [2.75, 3.05) is 4.90 Å². The van der Waals surface area contributed by atoms with Gasteiger partial charge in [-0.15, -0.1) is 11.3 Å². The largest absolute Gasteiger partial charge is 0.455 e. The second-order valence-electron chi connectivity index (χ2n) is 14.5. The minimum absolute atomic E-state index is 0.894. The Morgan fingerprint density at radius 2 is 0.825 bits per heavy atom. The Morgan fingerprint density at radius 3 is 1.53 bits per heavy atom. The summed E-state index contributed by atoms with van der Waals surface area (Å²) >= 11 is 1.86. The van der Waals surface area contributed by atoms with Gasteiger partial charge in [0.25, 0.3) is 0 Å². The van der Waals surface area contributed by atoms with Gasteiger partial charge in [-0.25, -0.2) is 0 Å². The van der Waals surface area contributed by atoms with Gasteiger partial charge in [0, 0.05) is 53.6 Å². The van der Waals surface area contributed by atoms with Crippen LogP contribution in [-0.4, -0.2) is 0 Å². The van der Waals surface area contributed by atoms with E-state index in [-0.39, 0.29) is 0 Å². The highest BCUT2D eigenvalue weighted by Gasteiger charge is 2.17. The van der Waals surface area contributed by atoms with Gasteiger partial charge in [0.15, 0.2) is 0 Å². The number of furan rings is 1. The third kappa shape index (κ3) is 5.88. The zero-order valence-electron chi connectivity index (χ0n) is 31.0. The van der Waals surface area contributed by atoms with Crippen LogP contribution in [0.5, 0.6) is 0 Å². The smallest absolute Gasteiger partial charge is 0.143 e. The van der Waals surface area contributed by atoms with Crippen LogP contribution in [0.25, 0.3) is 86.6 Å². The van der Waals surface area contributed by atoms with E-state index in [1.807, 2.05) is 17.4 Å². The van der Waals surface area contributed by atoms with Crippen molar-refractivity contribution in [2.24, 2.45) is 0 Å². The average Bonchev–Trinajstić information content (AvgIpc) is 3.86. The van der Waals surface area contributed by atoms with E-state index in [0.717, 1.165) is 61.3 Å². The molecule has 11 rings (SSSR count). The summed E-state index contributed by atoms with van der Waals surface area (Å²) in [6.45, 7) is 0. The fourth-order valence-electron chi connectivity index (χ4n) is 8.31. The molecule has 0 saturated carbocycles. The molecule has 0 N–H and O–H groups in total. The Morgan fingerprint density at radius 1 is 0.333 bits per heavy atom. The topological polar surface area (TPSA) is 16.4 Å². The molecule has 2 heterocycles. The van der Waals surface area contributed by atoms with Crippen LogP contribution in [0, 0.1) is 0 Å². The third-order valence-electron chi connectivity index (χ3n) is 11.1. The normalized spacial score (nSPS) is 11.5. The van der Waals surface area contributed by atoms with Gasteiger partial charge in [-0.1, -0.05) is 152 Å². The van der Waals surface area contributed by atoms with Crippen LogP contribution in [0.1, 0.15) is 0 Å². The molecule has 57 heavy (non-hydrogen) atoms. The number of para-hydroxylation sites is 1. The number of rotatable bonds is 7. The molecule has 0 atom stereocenters. The minimum Gasteiger partial charge on any atom is -0.455 e. The Balaban J connectivity index is 0.973. The molecule has 3 heteroatoms. The molecule has 2 nitrogen and oxygen atoms in total. The summed E-state index contributed by atoms with van der Waals surface area (Å²) in [5.41, 5.74) is 14.5. The van der Waals surface area contributed by atoms with Gasteiger partial charge in [0.05, 0.1) is 0 Å². The third-order valence-corrected chi connectivity index (χ3v) is 12.2. The van der Waals surface area contributed by atoms with Crippen molar-refractivity contribution in [1.82, 2.24) is 0 Å². The summed E-state index contributed by atoms with van der Waals surface area (Å²) in [6.07, 6.45) is 0. The standard InChI is InChI=1S/C54H35NOS/c1-3-11-36(12-4-1)37-21-28-42(29-22-37)55(44-32-25-40(26-33-44)45-16-10-20-52-53(45)48-15-7-8-19-51(48)57-52)43-30-23-38(24-31-43)41-27-34-50-49(35-41)47-18-9-17-46(54(47)56-50)39-13-5-2-6-14-39/h1-35H. The first-order valence-corrected chi connectivity index (χ1v) is 20.1. The molecule has 0 aliphatic rings. The van der Waals surface area contributed by atoms with Gasteiger partial charge >= 0.3 is 0 Å². The van der Waals surface area contributed by atoms with Crippen molar-refractivity contribution >= 4 is 70.5 Å². The first-order chi connectivity index (χ1) is 28.2. The molecule has 2 aromatic heterocycles. The van der Waals surface area contributed by atoms with E-state index in [1.165, 1.54) is 42.4 Å². The predicted octanol–water partition coefficient (Wildman–Crippen LogP) is 16.1. The van der Waals surface area contributed by atoms with E-state index < -0.39 is 0 Å². The number of hydrogen-bond donors (Lipinski definition) is 0. The predicted molar refractivity (Wildman–Crippen MR) is 243 cm³/mol. The van der Waals surface area contributed by atoms with E-state index in [4.69, 9.17) is 4.42 Å². The lowest BCUT2D eigenvalue weighted by Crippen LogP contribution is -2.09. The molecule has 0 saturated heterocycles. The molecule has 0 amide bonds. The maximum absolute atomic E-state index is 6.48. The van der Waals surface area contributed by atoms with Crippen molar-refractivity contribution in [3.05, 3.63) is 212 Å². The number of benzene rings is 9. The summed E-state index contributed by atoms with van der Waals surface area (Å²) < 4.78 is 9.11. The monoisotopic (exact) mass is 745 g/mol. The number of thiophene rings is 1. The van der Waals surface area contributed by atoms with E-state index in [0.29, 0.717) is 0 Å². The van der Waals surface area contributed by atoms with Crippen LogP contribution in [0.3, 0.4) is 0 Å². The van der Waals surface area contributed by atoms with Crippen LogP contribution in [0.2, 0.25) is 0 Å². The molecule has 0 aliphatic heterocycles. The van der Waals surface area contributed by atoms with Crippen molar-refractivity contribution in [2.45, 2.75) is 0 Å². The molecule has 11 aromatic rings. The quantitative estimate of drug-likeness (QED) is 0.162. The maximum Gasteiger partial charge on any atom is 0.143 e. The van der Waals surface area contributed by atoms with Crippen molar-refractivity contribution in [1.29, 1.82) is 0 Å². The summed E-state index contributed by atoms with van der Waals surface area (Å²) in [4.78, 5) is 2.35. The van der Waals surface area contributed by atoms with Crippen LogP contribution in [0.4, 0.5) is 17.1 Å². The molecule has 0 radical (unpaired) electrons. The average molecular weight is 746 g/mol. The van der Waals surface area contributed by atoms with E-state index in [1.54, 1.807) is 0 Å².